The van der Waals surface area contributed by atoms with E-state index in [1.165, 1.54) is 12.1 Å². The highest BCUT2D eigenvalue weighted by atomic mass is 32.2. The van der Waals surface area contributed by atoms with Crippen molar-refractivity contribution in [2.45, 2.75) is 41.9 Å². The Bertz CT molecular complexity index is 641. The van der Waals surface area contributed by atoms with Gasteiger partial charge in [-0.1, -0.05) is 18.9 Å². The monoisotopic (exact) mass is 318 g/mol. The van der Waals surface area contributed by atoms with Gasteiger partial charge in [-0.2, -0.15) is 8.78 Å². The molecular formula is C13H16F2N2O3S. The maximum Gasteiger partial charge on any atom is 0.341 e. The molecule has 1 aromatic carbocycles. The molecule has 0 heterocycles. The van der Waals surface area contributed by atoms with Crippen molar-refractivity contribution >= 4 is 21.4 Å². The molecule has 0 bridgehead atoms. The molecule has 0 unspecified atom stereocenters. The largest absolute Gasteiger partial charge is 0.341 e. The summed E-state index contributed by atoms with van der Waals surface area (Å²) in [5, 5.41) is 2.50. The number of alkyl halides is 2. The smallest absolute Gasteiger partial charge is 0.324 e. The Morgan fingerprint density at radius 2 is 1.90 bits per heavy atom. The molecule has 0 spiro atoms. The van der Waals surface area contributed by atoms with Crippen LogP contribution in [0.1, 0.15) is 25.7 Å². The van der Waals surface area contributed by atoms with Gasteiger partial charge < -0.3 is 11.1 Å². The molecule has 5 nitrogen and oxygen atoms in total. The zero-order valence-electron chi connectivity index (χ0n) is 11.2. The van der Waals surface area contributed by atoms with Gasteiger partial charge in [0.15, 0.2) is 0 Å². The molecule has 1 amide bonds. The normalized spacial score (nSPS) is 17.9. The van der Waals surface area contributed by atoms with Crippen molar-refractivity contribution in [3.63, 3.8) is 0 Å². The predicted octanol–water partition coefficient (Wildman–Crippen LogP) is 1.89. The van der Waals surface area contributed by atoms with Crippen LogP contribution in [-0.4, -0.2) is 25.6 Å². The fraction of sp³-hybridized carbons (Fsp3) is 0.462. The number of halogens is 2. The molecule has 1 aliphatic rings. The Labute approximate surface area is 121 Å². The minimum Gasteiger partial charge on any atom is -0.324 e. The molecule has 1 saturated carbocycles. The maximum atomic E-state index is 12.5. The molecule has 8 heteroatoms. The van der Waals surface area contributed by atoms with E-state index in [1.54, 1.807) is 0 Å². The number of nitrogens with two attached hydrogens (primary N) is 1. The quantitative estimate of drug-likeness (QED) is 0.887. The molecule has 0 atom stereocenters. The number of carbonyl (C=O) groups excluding carboxylic acids is 1. The van der Waals surface area contributed by atoms with E-state index >= 15 is 0 Å². The van der Waals surface area contributed by atoms with E-state index in [2.05, 4.69) is 5.32 Å². The summed E-state index contributed by atoms with van der Waals surface area (Å²) in [5.74, 6) is -3.93. The number of sulfone groups is 1. The molecule has 116 valence electrons. The number of hydrogen-bond acceptors (Lipinski definition) is 4. The van der Waals surface area contributed by atoms with E-state index < -0.39 is 31.9 Å². The van der Waals surface area contributed by atoms with Crippen LogP contribution in [0.3, 0.4) is 0 Å². The van der Waals surface area contributed by atoms with Crippen molar-refractivity contribution in [1.82, 2.24) is 0 Å². The van der Waals surface area contributed by atoms with Crippen LogP contribution < -0.4 is 11.1 Å². The summed E-state index contributed by atoms with van der Waals surface area (Å²) in [6.07, 6.45) is 2.80. The molecule has 2 rings (SSSR count). The standard InChI is InChI=1S/C13H16F2N2O3S/c14-12(15)21(19,20)10-5-3-4-9(8-10)17-11(18)13(16)6-1-2-7-13/h3-5,8,12H,1-2,6-7,16H2,(H,17,18). The third-order valence-corrected chi connectivity index (χ3v) is 4.98. The second-order valence-corrected chi connectivity index (χ2v) is 7.07. The number of benzene rings is 1. The second kappa shape index (κ2) is 5.69. The number of amides is 1. The molecule has 0 radical (unpaired) electrons. The van der Waals surface area contributed by atoms with Crippen LogP contribution in [0.2, 0.25) is 0 Å². The highest BCUT2D eigenvalue weighted by Gasteiger charge is 2.37. The minimum atomic E-state index is -4.69. The van der Waals surface area contributed by atoms with Crippen molar-refractivity contribution < 1.29 is 22.0 Å². The Morgan fingerprint density at radius 1 is 1.29 bits per heavy atom. The van der Waals surface area contributed by atoms with E-state index in [4.69, 9.17) is 5.73 Å². The van der Waals surface area contributed by atoms with Crippen LogP contribution in [0.25, 0.3) is 0 Å². The van der Waals surface area contributed by atoms with Gasteiger partial charge in [-0.05, 0) is 31.0 Å². The molecule has 1 aromatic rings. The zero-order valence-corrected chi connectivity index (χ0v) is 12.0. The first-order valence-electron chi connectivity index (χ1n) is 6.48. The lowest BCUT2D eigenvalue weighted by Crippen LogP contribution is -2.48. The van der Waals surface area contributed by atoms with Gasteiger partial charge in [-0.3, -0.25) is 4.79 Å². The summed E-state index contributed by atoms with van der Waals surface area (Å²) in [4.78, 5) is 11.6. The molecule has 0 aliphatic heterocycles. The van der Waals surface area contributed by atoms with E-state index in [0.29, 0.717) is 12.8 Å². The first-order chi connectivity index (χ1) is 9.75. The molecule has 0 saturated heterocycles. The molecule has 1 fully saturated rings. The van der Waals surface area contributed by atoms with Gasteiger partial charge in [0.2, 0.25) is 15.7 Å². The summed E-state index contributed by atoms with van der Waals surface area (Å²) >= 11 is 0. The molecular weight excluding hydrogens is 302 g/mol. The summed E-state index contributed by atoms with van der Waals surface area (Å²) in [6, 6.07) is 4.80. The third kappa shape index (κ3) is 3.21. The summed E-state index contributed by atoms with van der Waals surface area (Å²) in [7, 11) is -4.69. The fourth-order valence-corrected chi connectivity index (χ4v) is 3.11. The van der Waals surface area contributed by atoms with E-state index in [-0.39, 0.29) is 5.69 Å². The Balaban J connectivity index is 2.21. The van der Waals surface area contributed by atoms with Crippen LogP contribution in [0.4, 0.5) is 14.5 Å². The lowest BCUT2D eigenvalue weighted by Gasteiger charge is -2.22. The van der Waals surface area contributed by atoms with Crippen LogP contribution in [0.5, 0.6) is 0 Å². The highest BCUT2D eigenvalue weighted by Crippen LogP contribution is 2.29. The van der Waals surface area contributed by atoms with Crippen molar-refractivity contribution in [3.8, 4) is 0 Å². The van der Waals surface area contributed by atoms with Gasteiger partial charge >= 0.3 is 5.76 Å². The first kappa shape index (κ1) is 15.8. The number of carbonyl (C=O) groups is 1. The van der Waals surface area contributed by atoms with Gasteiger partial charge in [0.05, 0.1) is 10.4 Å². The van der Waals surface area contributed by atoms with Gasteiger partial charge in [0.25, 0.3) is 0 Å². The average Bonchev–Trinajstić information content (AvgIpc) is 2.87. The number of anilines is 1. The highest BCUT2D eigenvalue weighted by molar-refractivity contribution is 7.91. The summed E-state index contributed by atoms with van der Waals surface area (Å²) in [5.41, 5.74) is 5.14. The van der Waals surface area contributed by atoms with Crippen LogP contribution in [0.15, 0.2) is 29.2 Å². The van der Waals surface area contributed by atoms with Gasteiger partial charge in [0.1, 0.15) is 0 Å². The van der Waals surface area contributed by atoms with Crippen molar-refractivity contribution in [1.29, 1.82) is 0 Å². The number of rotatable bonds is 4. The third-order valence-electron chi connectivity index (χ3n) is 3.60. The van der Waals surface area contributed by atoms with Crippen molar-refractivity contribution in [2.75, 3.05) is 5.32 Å². The van der Waals surface area contributed by atoms with Crippen LogP contribution in [0, 0.1) is 0 Å². The molecule has 21 heavy (non-hydrogen) atoms. The summed E-state index contributed by atoms with van der Waals surface area (Å²) in [6.45, 7) is 0. The van der Waals surface area contributed by atoms with E-state index in [9.17, 15) is 22.0 Å². The molecule has 1 aliphatic carbocycles. The molecule has 0 aromatic heterocycles. The maximum absolute atomic E-state index is 12.5. The minimum absolute atomic E-state index is 0.137. The van der Waals surface area contributed by atoms with Crippen LogP contribution in [-0.2, 0) is 14.6 Å². The summed E-state index contributed by atoms with van der Waals surface area (Å²) < 4.78 is 47.8. The first-order valence-corrected chi connectivity index (χ1v) is 8.03. The van der Waals surface area contributed by atoms with Gasteiger partial charge in [0, 0.05) is 5.69 Å². The Hall–Kier alpha value is -1.54. The lowest BCUT2D eigenvalue weighted by molar-refractivity contribution is -0.121. The van der Waals surface area contributed by atoms with Gasteiger partial charge in [-0.15, -0.1) is 0 Å². The lowest BCUT2D eigenvalue weighted by atomic mass is 9.98. The van der Waals surface area contributed by atoms with Crippen LogP contribution >= 0.6 is 0 Å². The van der Waals surface area contributed by atoms with E-state index in [0.717, 1.165) is 25.0 Å². The second-order valence-electron chi connectivity index (χ2n) is 5.15. The zero-order chi connectivity index (χ0) is 15.7. The molecule has 3 N–H and O–H groups in total. The average molecular weight is 318 g/mol. The Morgan fingerprint density at radius 3 is 2.48 bits per heavy atom. The van der Waals surface area contributed by atoms with Gasteiger partial charge in [-0.25, -0.2) is 8.42 Å². The van der Waals surface area contributed by atoms with E-state index in [1.807, 2.05) is 0 Å². The fourth-order valence-electron chi connectivity index (χ4n) is 2.34. The SMILES string of the molecule is NC1(C(=O)Nc2cccc(S(=O)(=O)C(F)F)c2)CCCC1. The van der Waals surface area contributed by atoms with Crippen molar-refractivity contribution in [2.24, 2.45) is 5.73 Å². The topological polar surface area (TPSA) is 89.3 Å². The number of hydrogen-bond donors (Lipinski definition) is 2. The number of nitrogens with one attached hydrogen (secondary N) is 1. The Kier molecular flexibility index (Phi) is 4.29. The van der Waals surface area contributed by atoms with Crippen molar-refractivity contribution in [3.05, 3.63) is 24.3 Å². The predicted molar refractivity (Wildman–Crippen MR) is 73.6 cm³/mol.